The number of aliphatic hydroxyl groups excluding tert-OH is 3. The van der Waals surface area contributed by atoms with Crippen molar-refractivity contribution in [2.45, 2.75) is 113 Å². The van der Waals surface area contributed by atoms with Crippen LogP contribution in [0.4, 0.5) is 0 Å². The van der Waals surface area contributed by atoms with Crippen LogP contribution in [0.25, 0.3) is 10.9 Å². The number of aliphatic hydroxyl groups is 3. The second-order valence-electron chi connectivity index (χ2n) is 24.5. The molecular weight excluding hydrogens is 1330 g/mol. The summed E-state index contributed by atoms with van der Waals surface area (Å²) >= 11 is 0. The van der Waals surface area contributed by atoms with Crippen LogP contribution in [-0.2, 0) is 72.0 Å². The highest BCUT2D eigenvalue weighted by Gasteiger charge is 2.37. The van der Waals surface area contributed by atoms with Crippen LogP contribution in [0.2, 0.25) is 0 Å². The van der Waals surface area contributed by atoms with Gasteiger partial charge in [0.1, 0.15) is 48.0 Å². The number of fused-ring (bicyclic) bond motifs is 1. The van der Waals surface area contributed by atoms with E-state index >= 15 is 14.4 Å². The highest BCUT2D eigenvalue weighted by Crippen LogP contribution is 2.25. The van der Waals surface area contributed by atoms with E-state index in [9.17, 15) is 74.1 Å². The summed E-state index contributed by atoms with van der Waals surface area (Å²) in [7, 11) is 1.81. The number of aromatic hydroxyl groups is 1. The van der Waals surface area contributed by atoms with Crippen molar-refractivity contribution in [2.24, 2.45) is 5.73 Å². The maximum absolute atomic E-state index is 15.3. The molecule has 542 valence electrons. The van der Waals surface area contributed by atoms with Gasteiger partial charge < -0.3 is 89.0 Å². The van der Waals surface area contributed by atoms with Gasteiger partial charge in [0.05, 0.1) is 51.0 Å². The van der Waals surface area contributed by atoms with Gasteiger partial charge in [0, 0.05) is 100 Å². The lowest BCUT2D eigenvalue weighted by Crippen LogP contribution is -2.62. The number of H-pyrrole nitrogens is 1. The van der Waals surface area contributed by atoms with Gasteiger partial charge in [0.25, 0.3) is 0 Å². The SMILES string of the molecule is C[C@@H](O)C1NC(=O)C(CCCCN)NC(=O)[C@@H](Cc2c[nH]c3ccccc23)NC(=O)[C@H](Cc2ccc(O)cc2)NC(=O)C(NC(=O)[C@@H](Cc2ccccc2)NC(=O)CN2CCN(CC(=O)O)CCN(CC(=O)O)CCN(CC(=O)O)CC2)CSSC[C@@H](C(=O)N[C@H](CO)[C@@H](C)O)NC1=O. The van der Waals surface area contributed by atoms with E-state index in [2.05, 4.69) is 47.5 Å². The summed E-state index contributed by atoms with van der Waals surface area (Å²) in [5.74, 6) is -11.6. The topological polar surface area (TPSA) is 480 Å². The summed E-state index contributed by atoms with van der Waals surface area (Å²) in [4.78, 5) is 163. The first kappa shape index (κ1) is 79.5. The van der Waals surface area contributed by atoms with Crippen LogP contribution in [0.1, 0.15) is 49.8 Å². The van der Waals surface area contributed by atoms with Crippen molar-refractivity contribution in [3.8, 4) is 5.75 Å². The van der Waals surface area contributed by atoms with Crippen LogP contribution in [0.5, 0.6) is 5.75 Å². The molecule has 10 atom stereocenters. The number of carboxylic acid groups (broad SMARTS) is 3. The Morgan fingerprint density at radius 1 is 0.596 bits per heavy atom. The molecule has 1 aromatic heterocycles. The largest absolute Gasteiger partial charge is 0.508 e. The van der Waals surface area contributed by atoms with Gasteiger partial charge >= 0.3 is 17.9 Å². The number of benzene rings is 3. The smallest absolute Gasteiger partial charge is 0.317 e. The molecule has 0 bridgehead atoms. The third-order valence-corrected chi connectivity index (χ3v) is 19.0. The average molecular weight is 1420 g/mol. The minimum absolute atomic E-state index is 0.0540. The second kappa shape index (κ2) is 40.6. The van der Waals surface area contributed by atoms with Crippen molar-refractivity contribution in [1.29, 1.82) is 0 Å². The fourth-order valence-corrected chi connectivity index (χ4v) is 13.4. The molecule has 2 aliphatic heterocycles. The minimum Gasteiger partial charge on any atom is -0.508 e. The second-order valence-corrected chi connectivity index (χ2v) is 27.0. The molecule has 2 fully saturated rings. The summed E-state index contributed by atoms with van der Waals surface area (Å²) in [6.07, 6.45) is -1.31. The molecule has 3 aromatic carbocycles. The van der Waals surface area contributed by atoms with Gasteiger partial charge in [0.2, 0.25) is 47.3 Å². The van der Waals surface area contributed by atoms with Gasteiger partial charge in [-0.05, 0) is 74.5 Å². The zero-order chi connectivity index (χ0) is 72.1. The molecule has 3 unspecified atom stereocenters. The van der Waals surface area contributed by atoms with Gasteiger partial charge in [-0.25, -0.2) is 0 Å². The lowest BCUT2D eigenvalue weighted by Gasteiger charge is -2.33. The number of unbranched alkanes of at least 4 members (excludes halogenated alkanes) is 1. The van der Waals surface area contributed by atoms with Gasteiger partial charge in [-0.1, -0.05) is 82.3 Å². The van der Waals surface area contributed by atoms with E-state index in [1.165, 1.54) is 38.1 Å². The van der Waals surface area contributed by atoms with E-state index < -0.39 is 152 Å². The Balaban J connectivity index is 1.40. The number of nitrogens with one attached hydrogen (secondary N) is 9. The quantitative estimate of drug-likeness (QED) is 0.0215. The average Bonchev–Trinajstić information content (AvgIpc) is 1.73. The lowest BCUT2D eigenvalue weighted by atomic mass is 10.0. The number of phenols is 1. The molecule has 18 N–H and O–H groups in total. The Morgan fingerprint density at radius 3 is 1.68 bits per heavy atom. The van der Waals surface area contributed by atoms with Gasteiger partial charge in [0.15, 0.2) is 0 Å². The fourth-order valence-electron chi connectivity index (χ4n) is 11.1. The number of nitrogens with zero attached hydrogens (tertiary/aromatic N) is 4. The third-order valence-electron chi connectivity index (χ3n) is 16.6. The fraction of sp³-hybridized carbons (Fsp3) is 0.523. The monoisotopic (exact) mass is 1420 g/mol. The van der Waals surface area contributed by atoms with E-state index in [0.29, 0.717) is 34.0 Å². The normalized spacial score (nSPS) is 22.0. The molecule has 6 rings (SSSR count). The zero-order valence-electron chi connectivity index (χ0n) is 55.2. The van der Waals surface area contributed by atoms with Crippen LogP contribution in [-0.4, -0.2) is 289 Å². The predicted octanol–water partition coefficient (Wildman–Crippen LogP) is -3.47. The summed E-state index contributed by atoms with van der Waals surface area (Å²) in [6.45, 7) is 1.08. The molecular formula is C65H92N14O18S2. The number of aliphatic carboxylic acids is 3. The summed E-state index contributed by atoms with van der Waals surface area (Å²) < 4.78 is 0. The molecule has 32 nitrogen and oxygen atoms in total. The molecule has 0 radical (unpaired) electrons. The van der Waals surface area contributed by atoms with Crippen molar-refractivity contribution in [3.05, 3.63) is 102 Å². The number of carbonyl (C=O) groups is 11. The third kappa shape index (κ3) is 27.0. The maximum Gasteiger partial charge on any atom is 0.317 e. The van der Waals surface area contributed by atoms with E-state index in [-0.39, 0.29) is 115 Å². The molecule has 2 saturated heterocycles. The molecule has 34 heteroatoms. The number of rotatable bonds is 26. The number of hydrogen-bond donors (Lipinski definition) is 17. The standard InChI is InChI=1S/C65H92N14O18S2/c1-39(81)51(36-80)72-64(96)53-38-99-98-37-52(73-60(92)48(28-41-10-4-3-5-11-41)68-54(84)32-76-20-22-77(33-55(85)86)24-26-79(35-57(89)90)27-25-78(23-21-76)34-56(87)88)63(95)70-49(29-42-15-17-44(83)18-16-42)61(93)71-50(30-43-31-67-46-13-7-6-12-45(43)46)62(94)69-47(14-8-9-19-66)59(91)75-58(40(2)82)65(97)74-53/h3-7,10-13,15-18,31,39-40,47-53,58,67,80-83H,8-9,14,19-30,32-38,66H2,1-2H3,(H,68,84)(H,69,94)(H,70,95)(H,71,93)(H,72,96)(H,73,92)(H,74,97)(H,75,91)(H,85,86)(H,87,88)(H,89,90)/t39-,40-,47?,48-,49+,50-,51-,52?,53+,58?/m1/s1. The Hall–Kier alpha value is -8.45. The number of carboxylic acids is 3. The zero-order valence-corrected chi connectivity index (χ0v) is 56.8. The van der Waals surface area contributed by atoms with Crippen molar-refractivity contribution in [2.75, 3.05) is 103 Å². The number of nitrogens with two attached hydrogens (primary N) is 1. The van der Waals surface area contributed by atoms with Gasteiger partial charge in [-0.15, -0.1) is 0 Å². The molecule has 8 amide bonds. The van der Waals surface area contributed by atoms with Crippen molar-refractivity contribution in [1.82, 2.24) is 67.1 Å². The van der Waals surface area contributed by atoms with Crippen LogP contribution in [0, 0.1) is 0 Å². The molecule has 0 spiro atoms. The summed E-state index contributed by atoms with van der Waals surface area (Å²) in [5, 5.41) is 93.2. The van der Waals surface area contributed by atoms with Crippen LogP contribution >= 0.6 is 21.6 Å². The number of phenolic OH excluding ortho intramolecular Hbond substituents is 1. The highest BCUT2D eigenvalue weighted by molar-refractivity contribution is 8.76. The molecule has 2 aliphatic rings. The van der Waals surface area contributed by atoms with E-state index in [1.807, 2.05) is 0 Å². The van der Waals surface area contributed by atoms with E-state index in [0.717, 1.165) is 21.6 Å². The lowest BCUT2D eigenvalue weighted by molar-refractivity contribution is -0.140. The minimum atomic E-state index is -1.77. The van der Waals surface area contributed by atoms with Gasteiger partial charge in [-0.2, -0.15) is 0 Å². The molecule has 0 aliphatic carbocycles. The first-order valence-corrected chi connectivity index (χ1v) is 35.0. The van der Waals surface area contributed by atoms with Crippen LogP contribution in [0.3, 0.4) is 0 Å². The number of para-hydroxylation sites is 1. The van der Waals surface area contributed by atoms with E-state index in [1.54, 1.807) is 80.4 Å². The Bertz CT molecular complexity index is 3320. The molecule has 0 saturated carbocycles. The Labute approximate surface area is 580 Å². The first-order chi connectivity index (χ1) is 47.3. The molecule has 3 heterocycles. The van der Waals surface area contributed by atoms with Crippen LogP contribution < -0.4 is 48.3 Å². The highest BCUT2D eigenvalue weighted by atomic mass is 33.1. The first-order valence-electron chi connectivity index (χ1n) is 32.5. The molecule has 4 aromatic rings. The number of hydrogen-bond acceptors (Lipinski definition) is 22. The predicted molar refractivity (Wildman–Crippen MR) is 366 cm³/mol. The Morgan fingerprint density at radius 2 is 1.12 bits per heavy atom. The van der Waals surface area contributed by atoms with Crippen molar-refractivity contribution in [3.63, 3.8) is 0 Å². The number of aromatic amines is 1. The number of amides is 8. The summed E-state index contributed by atoms with van der Waals surface area (Å²) in [6, 6.07) is 9.21. The van der Waals surface area contributed by atoms with E-state index in [4.69, 9.17) is 5.73 Å². The number of carbonyl (C=O) groups excluding carboxylic acids is 8. The number of aromatic nitrogens is 1. The van der Waals surface area contributed by atoms with Crippen LogP contribution in [0.15, 0.2) is 85.1 Å². The maximum atomic E-state index is 15.3. The molecule has 99 heavy (non-hydrogen) atoms. The van der Waals surface area contributed by atoms with Gasteiger partial charge in [-0.3, -0.25) is 72.3 Å². The van der Waals surface area contributed by atoms with Crippen molar-refractivity contribution < 1.29 is 88.5 Å². The van der Waals surface area contributed by atoms with Crippen molar-refractivity contribution >= 4 is 97.7 Å². The Kier molecular flexibility index (Phi) is 32.6. The summed E-state index contributed by atoms with van der Waals surface area (Å²) in [5.41, 5.74) is 8.05.